The number of carbonyl (C=O) groups excluding carboxylic acids is 1. The maximum atomic E-state index is 12.9. The smallest absolute Gasteiger partial charge is 0.181 e. The summed E-state index contributed by atoms with van der Waals surface area (Å²) in [5.74, 6) is 1.38. The molecule has 5 unspecified atom stereocenters. The molecular formula is C29H43N7O4S. The number of thiophene rings is 1. The van der Waals surface area contributed by atoms with Crippen molar-refractivity contribution in [2.45, 2.75) is 44.5 Å². The number of nitrogens with one attached hydrogen (secondary N) is 4. The molecule has 41 heavy (non-hydrogen) atoms. The minimum Gasteiger partial charge on any atom is -0.472 e. The lowest BCUT2D eigenvalue weighted by molar-refractivity contribution is -0.0483. The highest BCUT2D eigenvalue weighted by Gasteiger charge is 2.36. The standard InChI is InChI=1S/C29H43N7O4S/c1-19-21(16-34(2)9-12-37)17-36(33-19)25-7-8-30-29(32-25)31-22-5-3-20(4-6-22)23-18-41-28-24(38)15-26(40-27(23)28)35-10-13-39-14-11-35/h3-6,18-19,21,25-26,29-33,37H,7-17H2,1-2H3. The second-order valence-electron chi connectivity index (χ2n) is 11.6. The van der Waals surface area contributed by atoms with Crippen LogP contribution in [0.3, 0.4) is 0 Å². The number of fused-ring (bicyclic) bond motifs is 1. The Morgan fingerprint density at radius 2 is 2.02 bits per heavy atom. The van der Waals surface area contributed by atoms with E-state index in [0.717, 1.165) is 66.6 Å². The van der Waals surface area contributed by atoms with E-state index in [1.807, 2.05) is 5.38 Å². The number of hydrazine groups is 1. The largest absolute Gasteiger partial charge is 0.472 e. The zero-order chi connectivity index (χ0) is 28.3. The van der Waals surface area contributed by atoms with E-state index < -0.39 is 0 Å². The van der Waals surface area contributed by atoms with Crippen molar-refractivity contribution in [3.8, 4) is 16.9 Å². The highest BCUT2D eigenvalue weighted by molar-refractivity contribution is 7.13. The number of hydrogen-bond donors (Lipinski definition) is 5. The van der Waals surface area contributed by atoms with Crippen molar-refractivity contribution in [3.63, 3.8) is 0 Å². The van der Waals surface area contributed by atoms with Crippen molar-refractivity contribution in [1.82, 2.24) is 30.9 Å². The molecule has 5 heterocycles. The normalized spacial score (nSPS) is 29.5. The van der Waals surface area contributed by atoms with Gasteiger partial charge in [-0.25, -0.2) is 5.01 Å². The third-order valence-electron chi connectivity index (χ3n) is 8.61. The van der Waals surface area contributed by atoms with Gasteiger partial charge in [-0.2, -0.15) is 0 Å². The summed E-state index contributed by atoms with van der Waals surface area (Å²) in [6.45, 7) is 8.90. The van der Waals surface area contributed by atoms with E-state index in [-0.39, 0.29) is 31.1 Å². The average molecular weight is 586 g/mol. The van der Waals surface area contributed by atoms with Gasteiger partial charge >= 0.3 is 0 Å². The van der Waals surface area contributed by atoms with Crippen molar-refractivity contribution in [1.29, 1.82) is 0 Å². The SMILES string of the molecule is CC1NN(C2CCNC(Nc3ccc(-c4csc5c4OC(N4CCOCC4)CC5=O)cc3)N2)CC1CN(C)CCO. The van der Waals surface area contributed by atoms with Gasteiger partial charge in [0.1, 0.15) is 11.2 Å². The van der Waals surface area contributed by atoms with Gasteiger partial charge in [-0.1, -0.05) is 12.1 Å². The van der Waals surface area contributed by atoms with Gasteiger partial charge in [0, 0.05) is 67.9 Å². The fraction of sp³-hybridized carbons (Fsp3) is 0.621. The first-order chi connectivity index (χ1) is 20.0. The highest BCUT2D eigenvalue weighted by atomic mass is 32.1. The van der Waals surface area contributed by atoms with Crippen LogP contribution in [0.2, 0.25) is 0 Å². The maximum Gasteiger partial charge on any atom is 0.181 e. The van der Waals surface area contributed by atoms with Crippen molar-refractivity contribution in [2.24, 2.45) is 5.92 Å². The number of carbonyl (C=O) groups is 1. The number of aliphatic hydroxyl groups is 1. The molecule has 3 fully saturated rings. The van der Waals surface area contributed by atoms with E-state index in [1.165, 1.54) is 11.3 Å². The van der Waals surface area contributed by atoms with Crippen LogP contribution in [-0.4, -0.2) is 117 Å². The molecule has 4 aliphatic rings. The molecule has 5 N–H and O–H groups in total. The maximum absolute atomic E-state index is 12.9. The Hall–Kier alpha value is -2.13. The molecule has 12 heteroatoms. The van der Waals surface area contributed by atoms with Gasteiger partial charge in [-0.05, 0) is 38.1 Å². The number of nitrogens with zero attached hydrogens (tertiary/aromatic N) is 3. The van der Waals surface area contributed by atoms with Gasteiger partial charge in [0.05, 0.1) is 32.4 Å². The molecule has 0 amide bonds. The van der Waals surface area contributed by atoms with E-state index in [1.54, 1.807) is 0 Å². The number of ketones is 1. The minimum atomic E-state index is -0.227. The summed E-state index contributed by atoms with van der Waals surface area (Å²) in [6.07, 6.45) is 1.33. The van der Waals surface area contributed by atoms with E-state index >= 15 is 0 Å². The number of anilines is 1. The minimum absolute atomic E-state index is 0.0584. The molecule has 5 atom stereocenters. The first-order valence-corrected chi connectivity index (χ1v) is 15.7. The molecule has 0 saturated carbocycles. The molecule has 6 rings (SSSR count). The number of hydrogen-bond acceptors (Lipinski definition) is 12. The lowest BCUT2D eigenvalue weighted by Crippen LogP contribution is -2.63. The Morgan fingerprint density at radius 3 is 2.80 bits per heavy atom. The average Bonchev–Trinajstić information content (AvgIpc) is 3.58. The van der Waals surface area contributed by atoms with Crippen LogP contribution in [0.15, 0.2) is 29.6 Å². The summed E-state index contributed by atoms with van der Waals surface area (Å²) >= 11 is 1.48. The number of benzene rings is 1. The zero-order valence-corrected chi connectivity index (χ0v) is 24.8. The number of morpholine rings is 1. The fourth-order valence-electron chi connectivity index (χ4n) is 6.23. The molecule has 0 spiro atoms. The summed E-state index contributed by atoms with van der Waals surface area (Å²) in [5, 5.41) is 24.4. The Morgan fingerprint density at radius 1 is 1.22 bits per heavy atom. The van der Waals surface area contributed by atoms with Gasteiger partial charge in [-0.15, -0.1) is 11.3 Å². The highest BCUT2D eigenvalue weighted by Crippen LogP contribution is 2.43. The summed E-state index contributed by atoms with van der Waals surface area (Å²) in [6, 6.07) is 8.74. The van der Waals surface area contributed by atoms with E-state index in [9.17, 15) is 9.90 Å². The lowest BCUT2D eigenvalue weighted by Gasteiger charge is -2.38. The third kappa shape index (κ3) is 6.61. The Bertz CT molecular complexity index is 1170. The van der Waals surface area contributed by atoms with E-state index in [4.69, 9.17) is 9.47 Å². The van der Waals surface area contributed by atoms with Crippen LogP contribution in [0.4, 0.5) is 5.69 Å². The summed E-state index contributed by atoms with van der Waals surface area (Å²) in [5.41, 5.74) is 6.69. The van der Waals surface area contributed by atoms with Gasteiger partial charge in [-0.3, -0.25) is 25.8 Å². The zero-order valence-electron chi connectivity index (χ0n) is 24.0. The van der Waals surface area contributed by atoms with Crippen LogP contribution in [0.25, 0.3) is 11.1 Å². The molecular weight excluding hydrogens is 542 g/mol. The summed E-state index contributed by atoms with van der Waals surface area (Å²) in [4.78, 5) is 18.1. The van der Waals surface area contributed by atoms with Gasteiger partial charge < -0.3 is 24.8 Å². The van der Waals surface area contributed by atoms with Crippen LogP contribution >= 0.6 is 11.3 Å². The van der Waals surface area contributed by atoms with Crippen LogP contribution in [0, 0.1) is 5.92 Å². The number of likely N-dealkylation sites (N-methyl/N-ethyl adjacent to an activating group) is 1. The van der Waals surface area contributed by atoms with Crippen molar-refractivity contribution in [2.75, 3.05) is 71.5 Å². The third-order valence-corrected chi connectivity index (χ3v) is 9.61. The molecule has 1 aromatic carbocycles. The fourth-order valence-corrected chi connectivity index (χ4v) is 7.19. The topological polar surface area (TPSA) is 114 Å². The van der Waals surface area contributed by atoms with Crippen molar-refractivity contribution < 1.29 is 19.4 Å². The predicted molar refractivity (Wildman–Crippen MR) is 160 cm³/mol. The Labute approximate surface area is 246 Å². The molecule has 1 aromatic heterocycles. The molecule has 0 radical (unpaired) electrons. The van der Waals surface area contributed by atoms with E-state index in [2.05, 4.69) is 74.4 Å². The quantitative estimate of drug-likeness (QED) is 0.294. The Kier molecular flexibility index (Phi) is 9.20. The van der Waals surface area contributed by atoms with E-state index in [0.29, 0.717) is 38.1 Å². The second kappa shape index (κ2) is 13.0. The van der Waals surface area contributed by atoms with Crippen LogP contribution in [0.1, 0.15) is 29.4 Å². The van der Waals surface area contributed by atoms with Crippen molar-refractivity contribution in [3.05, 3.63) is 34.5 Å². The molecule has 224 valence electrons. The monoisotopic (exact) mass is 585 g/mol. The van der Waals surface area contributed by atoms with Gasteiger partial charge in [0.15, 0.2) is 17.8 Å². The molecule has 2 aromatic rings. The van der Waals surface area contributed by atoms with Gasteiger partial charge in [0.2, 0.25) is 0 Å². The summed E-state index contributed by atoms with van der Waals surface area (Å²) in [7, 11) is 2.07. The van der Waals surface area contributed by atoms with Gasteiger partial charge in [0.25, 0.3) is 0 Å². The number of aliphatic hydroxyl groups excluding tert-OH is 1. The predicted octanol–water partition coefficient (Wildman–Crippen LogP) is 1.39. The summed E-state index contributed by atoms with van der Waals surface area (Å²) < 4.78 is 11.9. The second-order valence-corrected chi connectivity index (χ2v) is 12.4. The molecule has 0 aliphatic carbocycles. The van der Waals surface area contributed by atoms with Crippen LogP contribution < -0.4 is 26.1 Å². The lowest BCUT2D eigenvalue weighted by atomic mass is 10.0. The molecule has 3 saturated heterocycles. The first-order valence-electron chi connectivity index (χ1n) is 14.8. The first kappa shape index (κ1) is 29.0. The number of Topliss-reactive ketones (excluding diaryl/α,β-unsaturated/α-hetero) is 1. The Balaban J connectivity index is 1.06. The van der Waals surface area contributed by atoms with Crippen molar-refractivity contribution >= 4 is 22.8 Å². The number of ether oxygens (including phenoxy) is 2. The molecule has 0 bridgehead atoms. The molecule has 4 aliphatic heterocycles. The van der Waals surface area contributed by atoms with Crippen LogP contribution in [0.5, 0.6) is 5.75 Å². The van der Waals surface area contributed by atoms with Crippen LogP contribution in [-0.2, 0) is 4.74 Å². The number of rotatable bonds is 9. The molecule has 11 nitrogen and oxygen atoms in total.